The highest BCUT2D eigenvalue weighted by molar-refractivity contribution is 6.04. The van der Waals surface area contributed by atoms with Crippen LogP contribution in [-0.2, 0) is 9.59 Å². The second-order valence-corrected chi connectivity index (χ2v) is 7.00. The van der Waals surface area contributed by atoms with Gasteiger partial charge in [0.25, 0.3) is 0 Å². The van der Waals surface area contributed by atoms with Crippen molar-refractivity contribution in [1.82, 2.24) is 0 Å². The van der Waals surface area contributed by atoms with Gasteiger partial charge in [0.1, 0.15) is 11.5 Å². The molecule has 1 saturated heterocycles. The number of nitrogens with zero attached hydrogens (tertiary/aromatic N) is 1. The van der Waals surface area contributed by atoms with Gasteiger partial charge in [0.05, 0.1) is 18.7 Å². The highest BCUT2D eigenvalue weighted by Gasteiger charge is 2.35. The molecule has 1 aliphatic heterocycles. The van der Waals surface area contributed by atoms with Crippen molar-refractivity contribution in [3.8, 4) is 17.2 Å². The predicted octanol–water partition coefficient (Wildman–Crippen LogP) is 4.48. The maximum atomic E-state index is 12.9. The number of carbonyl (C=O) groups excluding carboxylic acids is 2. The van der Waals surface area contributed by atoms with Crippen LogP contribution in [0.1, 0.15) is 6.42 Å². The minimum absolute atomic E-state index is 0.0749. The summed E-state index contributed by atoms with van der Waals surface area (Å²) >= 11 is 0. The molecule has 0 radical (unpaired) electrons. The van der Waals surface area contributed by atoms with E-state index in [1.165, 1.54) is 0 Å². The molecule has 152 valence electrons. The zero-order chi connectivity index (χ0) is 20.9. The van der Waals surface area contributed by atoms with Gasteiger partial charge in [-0.15, -0.1) is 0 Å². The van der Waals surface area contributed by atoms with Gasteiger partial charge in [-0.1, -0.05) is 30.3 Å². The van der Waals surface area contributed by atoms with Gasteiger partial charge in [-0.3, -0.25) is 9.59 Å². The van der Waals surface area contributed by atoms with Crippen molar-refractivity contribution < 1.29 is 19.1 Å². The summed E-state index contributed by atoms with van der Waals surface area (Å²) in [5.74, 6) is 1.23. The van der Waals surface area contributed by atoms with Gasteiger partial charge in [0.15, 0.2) is 5.75 Å². The average Bonchev–Trinajstić information content (AvgIpc) is 3.18. The molecule has 1 fully saturated rings. The molecular weight excluding hydrogens is 380 g/mol. The van der Waals surface area contributed by atoms with Crippen molar-refractivity contribution in [3.63, 3.8) is 0 Å². The number of benzene rings is 3. The molecule has 6 nitrogen and oxygen atoms in total. The van der Waals surface area contributed by atoms with Crippen LogP contribution in [0.5, 0.6) is 17.2 Å². The first kappa shape index (κ1) is 19.5. The number of hydrogen-bond acceptors (Lipinski definition) is 4. The second-order valence-electron chi connectivity index (χ2n) is 7.00. The van der Waals surface area contributed by atoms with Crippen molar-refractivity contribution in [2.24, 2.45) is 5.92 Å². The van der Waals surface area contributed by atoms with Crippen LogP contribution in [0.4, 0.5) is 11.4 Å². The first-order valence-corrected chi connectivity index (χ1v) is 9.71. The number of rotatable bonds is 6. The first-order valence-electron chi connectivity index (χ1n) is 9.71. The van der Waals surface area contributed by atoms with Gasteiger partial charge in [-0.05, 0) is 48.5 Å². The normalized spacial score (nSPS) is 15.7. The quantitative estimate of drug-likeness (QED) is 0.660. The van der Waals surface area contributed by atoms with Crippen molar-refractivity contribution in [1.29, 1.82) is 0 Å². The molecule has 3 aromatic rings. The van der Waals surface area contributed by atoms with Crippen LogP contribution in [-0.4, -0.2) is 25.5 Å². The van der Waals surface area contributed by atoms with Crippen LogP contribution in [0, 0.1) is 5.92 Å². The molecule has 30 heavy (non-hydrogen) atoms. The van der Waals surface area contributed by atoms with Crippen LogP contribution in [0.2, 0.25) is 0 Å². The minimum Gasteiger partial charge on any atom is -0.497 e. The van der Waals surface area contributed by atoms with E-state index in [1.807, 2.05) is 54.6 Å². The molecule has 0 aliphatic carbocycles. The second kappa shape index (κ2) is 8.69. The SMILES string of the molecule is COc1ccc(N2CC(C(=O)Nc3ccccc3Oc3ccccc3)CC2=O)cc1. The summed E-state index contributed by atoms with van der Waals surface area (Å²) in [5.41, 5.74) is 1.32. The molecule has 0 spiro atoms. The predicted molar refractivity (Wildman–Crippen MR) is 115 cm³/mol. The molecule has 1 aliphatic rings. The fourth-order valence-corrected chi connectivity index (χ4v) is 3.40. The summed E-state index contributed by atoms with van der Waals surface area (Å²) in [5, 5.41) is 2.92. The third-order valence-corrected chi connectivity index (χ3v) is 5.00. The lowest BCUT2D eigenvalue weighted by Gasteiger charge is -2.17. The van der Waals surface area contributed by atoms with E-state index in [4.69, 9.17) is 9.47 Å². The summed E-state index contributed by atoms with van der Waals surface area (Å²) in [6.45, 7) is 0.332. The number of methoxy groups -OCH3 is 1. The molecule has 0 bridgehead atoms. The Hall–Kier alpha value is -3.80. The van der Waals surface area contributed by atoms with E-state index in [0.717, 1.165) is 11.4 Å². The highest BCUT2D eigenvalue weighted by atomic mass is 16.5. The van der Waals surface area contributed by atoms with Gasteiger partial charge in [0.2, 0.25) is 11.8 Å². The van der Waals surface area contributed by atoms with E-state index in [-0.39, 0.29) is 18.2 Å². The van der Waals surface area contributed by atoms with Crippen LogP contribution in [0.25, 0.3) is 0 Å². The molecule has 1 unspecified atom stereocenters. The monoisotopic (exact) mass is 402 g/mol. The number of carbonyl (C=O) groups is 2. The summed E-state index contributed by atoms with van der Waals surface area (Å²) < 4.78 is 11.1. The van der Waals surface area contributed by atoms with Crippen LogP contribution >= 0.6 is 0 Å². The Balaban J connectivity index is 1.45. The summed E-state index contributed by atoms with van der Waals surface area (Å²) in [6, 6.07) is 23.9. The number of amides is 2. The summed E-state index contributed by atoms with van der Waals surface area (Å²) in [4.78, 5) is 27.0. The Morgan fingerprint density at radius 1 is 0.933 bits per heavy atom. The minimum atomic E-state index is -0.440. The maximum Gasteiger partial charge on any atom is 0.229 e. The van der Waals surface area contributed by atoms with Gasteiger partial charge in [-0.25, -0.2) is 0 Å². The molecule has 1 atom stereocenters. The largest absolute Gasteiger partial charge is 0.497 e. The zero-order valence-corrected chi connectivity index (χ0v) is 16.6. The van der Waals surface area contributed by atoms with Crippen LogP contribution in [0.3, 0.4) is 0 Å². The van der Waals surface area contributed by atoms with E-state index < -0.39 is 5.92 Å². The lowest BCUT2D eigenvalue weighted by Crippen LogP contribution is -2.28. The highest BCUT2D eigenvalue weighted by Crippen LogP contribution is 2.31. The molecule has 2 amide bonds. The fraction of sp³-hybridized carbons (Fsp3) is 0.167. The summed E-state index contributed by atoms with van der Waals surface area (Å²) in [7, 11) is 1.59. The molecule has 0 aromatic heterocycles. The molecule has 4 rings (SSSR count). The fourth-order valence-electron chi connectivity index (χ4n) is 3.40. The number of anilines is 2. The average molecular weight is 402 g/mol. The third kappa shape index (κ3) is 4.27. The van der Waals surface area contributed by atoms with Crippen molar-refractivity contribution in [2.45, 2.75) is 6.42 Å². The van der Waals surface area contributed by atoms with E-state index >= 15 is 0 Å². The van der Waals surface area contributed by atoms with Gasteiger partial charge < -0.3 is 19.7 Å². The van der Waals surface area contributed by atoms with Gasteiger partial charge >= 0.3 is 0 Å². The third-order valence-electron chi connectivity index (χ3n) is 5.00. The smallest absolute Gasteiger partial charge is 0.229 e. The molecule has 1 N–H and O–H groups in total. The molecule has 6 heteroatoms. The Morgan fingerprint density at radius 3 is 2.37 bits per heavy atom. The molecular formula is C24H22N2O4. The van der Waals surface area contributed by atoms with Crippen LogP contribution < -0.4 is 19.7 Å². The van der Waals surface area contributed by atoms with E-state index in [0.29, 0.717) is 23.7 Å². The van der Waals surface area contributed by atoms with Crippen molar-refractivity contribution in [2.75, 3.05) is 23.9 Å². The maximum absolute atomic E-state index is 12.9. The van der Waals surface area contributed by atoms with Crippen molar-refractivity contribution >= 4 is 23.2 Å². The molecule has 0 saturated carbocycles. The lowest BCUT2D eigenvalue weighted by atomic mass is 10.1. The number of nitrogens with one attached hydrogen (secondary N) is 1. The Kier molecular flexibility index (Phi) is 5.66. The van der Waals surface area contributed by atoms with E-state index in [9.17, 15) is 9.59 Å². The van der Waals surface area contributed by atoms with Crippen molar-refractivity contribution in [3.05, 3.63) is 78.9 Å². The lowest BCUT2D eigenvalue weighted by molar-refractivity contribution is -0.122. The standard InChI is InChI=1S/C24H22N2O4/c1-29-19-13-11-18(12-14-19)26-16-17(15-23(26)27)24(28)25-21-9-5-6-10-22(21)30-20-7-3-2-4-8-20/h2-14,17H,15-16H2,1H3,(H,25,28). The molecule has 3 aromatic carbocycles. The number of hydrogen-bond donors (Lipinski definition) is 1. The Morgan fingerprint density at radius 2 is 1.63 bits per heavy atom. The van der Waals surface area contributed by atoms with E-state index in [2.05, 4.69) is 5.32 Å². The molecule has 1 heterocycles. The van der Waals surface area contributed by atoms with Crippen LogP contribution in [0.15, 0.2) is 78.9 Å². The van der Waals surface area contributed by atoms with Gasteiger partial charge in [0, 0.05) is 18.7 Å². The number of ether oxygens (including phenoxy) is 2. The Bertz CT molecular complexity index is 1030. The first-order chi connectivity index (χ1) is 14.6. The summed E-state index contributed by atoms with van der Waals surface area (Å²) in [6.07, 6.45) is 0.166. The van der Waals surface area contributed by atoms with E-state index in [1.54, 1.807) is 36.3 Å². The Labute approximate surface area is 175 Å². The zero-order valence-electron chi connectivity index (χ0n) is 16.6. The number of para-hydroxylation sites is 3. The van der Waals surface area contributed by atoms with Gasteiger partial charge in [-0.2, -0.15) is 0 Å². The topological polar surface area (TPSA) is 67.9 Å².